The summed E-state index contributed by atoms with van der Waals surface area (Å²) in [6, 6.07) is 11.5. The molecule has 1 aromatic carbocycles. The van der Waals surface area contributed by atoms with Crippen molar-refractivity contribution in [2.75, 3.05) is 18.1 Å². The highest BCUT2D eigenvalue weighted by Crippen LogP contribution is 2.21. The Labute approximate surface area is 138 Å². The van der Waals surface area contributed by atoms with Gasteiger partial charge in [-0.25, -0.2) is 0 Å². The van der Waals surface area contributed by atoms with E-state index < -0.39 is 0 Å². The van der Waals surface area contributed by atoms with Crippen LogP contribution in [0.5, 0.6) is 0 Å². The average molecular weight is 334 g/mol. The van der Waals surface area contributed by atoms with Crippen molar-refractivity contribution >= 4 is 40.6 Å². The Morgan fingerprint density at radius 2 is 1.95 bits per heavy atom. The van der Waals surface area contributed by atoms with E-state index in [9.17, 15) is 9.59 Å². The van der Waals surface area contributed by atoms with Crippen molar-refractivity contribution in [3.63, 3.8) is 0 Å². The van der Waals surface area contributed by atoms with Gasteiger partial charge in [0.1, 0.15) is 0 Å². The highest BCUT2D eigenvalue weighted by Gasteiger charge is 2.10. The van der Waals surface area contributed by atoms with Gasteiger partial charge < -0.3 is 10.2 Å². The van der Waals surface area contributed by atoms with Crippen molar-refractivity contribution in [2.45, 2.75) is 18.4 Å². The molecule has 0 radical (unpaired) electrons. The van der Waals surface area contributed by atoms with E-state index in [1.165, 1.54) is 23.6 Å². The fourth-order valence-electron chi connectivity index (χ4n) is 1.82. The number of carbonyl (C=O) groups excluding carboxylic acids is 2. The minimum atomic E-state index is -0.0919. The maximum Gasteiger partial charge on any atom is 0.233 e. The lowest BCUT2D eigenvalue weighted by molar-refractivity contribution is -0.127. The third-order valence-corrected chi connectivity index (χ3v) is 4.79. The maximum absolute atomic E-state index is 12.1. The molecular formula is C16H18N2O2S2. The number of thioether (sulfide) groups is 1. The minimum Gasteiger partial charge on any atom is -0.340 e. The van der Waals surface area contributed by atoms with Crippen molar-refractivity contribution in [1.29, 1.82) is 0 Å². The molecular weight excluding hydrogens is 316 g/mol. The van der Waals surface area contributed by atoms with Crippen molar-refractivity contribution in [3.8, 4) is 0 Å². The molecule has 6 heteroatoms. The molecule has 4 nitrogen and oxygen atoms in total. The van der Waals surface area contributed by atoms with Crippen molar-refractivity contribution in [2.24, 2.45) is 0 Å². The number of rotatable bonds is 6. The van der Waals surface area contributed by atoms with E-state index >= 15 is 0 Å². The predicted octanol–water partition coefficient (Wildman–Crippen LogP) is 3.46. The van der Waals surface area contributed by atoms with Crippen molar-refractivity contribution < 1.29 is 9.59 Å². The zero-order chi connectivity index (χ0) is 15.9. The molecule has 0 saturated heterocycles. The molecule has 2 rings (SSSR count). The van der Waals surface area contributed by atoms with Crippen LogP contribution in [0, 0.1) is 0 Å². The summed E-state index contributed by atoms with van der Waals surface area (Å²) in [5.74, 6) is 0.413. The number of anilines is 1. The Morgan fingerprint density at radius 3 is 2.55 bits per heavy atom. The van der Waals surface area contributed by atoms with Gasteiger partial charge in [-0.05, 0) is 35.7 Å². The molecule has 2 amide bonds. The van der Waals surface area contributed by atoms with Gasteiger partial charge in [-0.1, -0.05) is 6.07 Å². The average Bonchev–Trinajstić information content (AvgIpc) is 2.98. The molecule has 2 aromatic rings. The van der Waals surface area contributed by atoms with Crippen LogP contribution in [-0.2, 0) is 16.1 Å². The van der Waals surface area contributed by atoms with Gasteiger partial charge >= 0.3 is 0 Å². The SMILES string of the molecule is CC(=O)Nc1ccc(SCC(=O)N(C)Cc2cccs2)cc1. The molecule has 0 fully saturated rings. The summed E-state index contributed by atoms with van der Waals surface area (Å²) >= 11 is 3.15. The first-order valence-electron chi connectivity index (χ1n) is 6.81. The molecule has 1 N–H and O–H groups in total. The van der Waals surface area contributed by atoms with Crippen LogP contribution in [0.2, 0.25) is 0 Å². The summed E-state index contributed by atoms with van der Waals surface area (Å²) in [5, 5.41) is 4.73. The molecule has 0 atom stereocenters. The molecule has 116 valence electrons. The second-order valence-electron chi connectivity index (χ2n) is 4.82. The van der Waals surface area contributed by atoms with Gasteiger partial charge in [0.15, 0.2) is 0 Å². The van der Waals surface area contributed by atoms with Crippen LogP contribution < -0.4 is 5.32 Å². The third kappa shape index (κ3) is 5.20. The summed E-state index contributed by atoms with van der Waals surface area (Å²) in [4.78, 5) is 27.0. The predicted molar refractivity (Wildman–Crippen MR) is 92.3 cm³/mol. The number of amides is 2. The van der Waals surface area contributed by atoms with Gasteiger partial charge in [0.05, 0.1) is 12.3 Å². The smallest absolute Gasteiger partial charge is 0.233 e. The van der Waals surface area contributed by atoms with E-state index in [4.69, 9.17) is 0 Å². The third-order valence-electron chi connectivity index (χ3n) is 2.94. The van der Waals surface area contributed by atoms with Crippen LogP contribution >= 0.6 is 23.1 Å². The first kappa shape index (κ1) is 16.6. The lowest BCUT2D eigenvalue weighted by Crippen LogP contribution is -2.27. The molecule has 0 unspecified atom stereocenters. The number of hydrogen-bond donors (Lipinski definition) is 1. The molecule has 0 spiro atoms. The Balaban J connectivity index is 1.81. The lowest BCUT2D eigenvalue weighted by atomic mass is 10.3. The summed E-state index contributed by atoms with van der Waals surface area (Å²) in [7, 11) is 1.82. The molecule has 0 aliphatic heterocycles. The normalized spacial score (nSPS) is 10.3. The number of nitrogens with zero attached hydrogens (tertiary/aromatic N) is 1. The van der Waals surface area contributed by atoms with Crippen LogP contribution in [0.25, 0.3) is 0 Å². The fourth-order valence-corrected chi connectivity index (χ4v) is 3.41. The van der Waals surface area contributed by atoms with E-state index in [-0.39, 0.29) is 11.8 Å². The second-order valence-corrected chi connectivity index (χ2v) is 6.90. The summed E-state index contributed by atoms with van der Waals surface area (Å²) < 4.78 is 0. The molecule has 0 aliphatic rings. The van der Waals surface area contributed by atoms with E-state index in [0.29, 0.717) is 12.3 Å². The monoisotopic (exact) mass is 334 g/mol. The number of carbonyl (C=O) groups is 2. The van der Waals surface area contributed by atoms with Gasteiger partial charge in [-0.15, -0.1) is 23.1 Å². The number of nitrogens with one attached hydrogen (secondary N) is 1. The van der Waals surface area contributed by atoms with Crippen LogP contribution in [0.4, 0.5) is 5.69 Å². The van der Waals surface area contributed by atoms with Crippen LogP contribution in [0.3, 0.4) is 0 Å². The Hall–Kier alpha value is -1.79. The fraction of sp³-hybridized carbons (Fsp3) is 0.250. The summed E-state index contributed by atoms with van der Waals surface area (Å²) in [6.07, 6.45) is 0. The van der Waals surface area contributed by atoms with Gasteiger partial charge in [-0.2, -0.15) is 0 Å². The number of thiophene rings is 1. The van der Waals surface area contributed by atoms with E-state index in [2.05, 4.69) is 5.32 Å². The number of benzene rings is 1. The molecule has 0 saturated carbocycles. The molecule has 0 aliphatic carbocycles. The zero-order valence-electron chi connectivity index (χ0n) is 12.5. The molecule has 1 aromatic heterocycles. The van der Waals surface area contributed by atoms with E-state index in [1.54, 1.807) is 16.2 Å². The molecule has 0 bridgehead atoms. The Morgan fingerprint density at radius 1 is 1.23 bits per heavy atom. The van der Waals surface area contributed by atoms with Crippen molar-refractivity contribution in [1.82, 2.24) is 4.90 Å². The standard InChI is InChI=1S/C16H18N2O2S2/c1-12(19)17-13-5-7-14(8-6-13)22-11-16(20)18(2)10-15-4-3-9-21-15/h3-9H,10-11H2,1-2H3,(H,17,19). The quantitative estimate of drug-likeness (QED) is 0.823. The van der Waals surface area contributed by atoms with Gasteiger partial charge in [0.2, 0.25) is 11.8 Å². The zero-order valence-corrected chi connectivity index (χ0v) is 14.2. The second kappa shape index (κ2) is 8.00. The summed E-state index contributed by atoms with van der Waals surface area (Å²) in [5.41, 5.74) is 0.762. The topological polar surface area (TPSA) is 49.4 Å². The van der Waals surface area contributed by atoms with Crippen LogP contribution in [0.15, 0.2) is 46.7 Å². The Kier molecular flexibility index (Phi) is 6.03. The maximum atomic E-state index is 12.1. The van der Waals surface area contributed by atoms with E-state index in [0.717, 1.165) is 10.6 Å². The van der Waals surface area contributed by atoms with Gasteiger partial charge in [0.25, 0.3) is 0 Å². The first-order valence-corrected chi connectivity index (χ1v) is 8.68. The largest absolute Gasteiger partial charge is 0.340 e. The highest BCUT2D eigenvalue weighted by atomic mass is 32.2. The Bertz CT molecular complexity index is 624. The van der Waals surface area contributed by atoms with Gasteiger partial charge in [0, 0.05) is 29.4 Å². The highest BCUT2D eigenvalue weighted by molar-refractivity contribution is 8.00. The van der Waals surface area contributed by atoms with Crippen LogP contribution in [-0.4, -0.2) is 29.5 Å². The van der Waals surface area contributed by atoms with Crippen LogP contribution in [0.1, 0.15) is 11.8 Å². The lowest BCUT2D eigenvalue weighted by Gasteiger charge is -2.16. The first-order chi connectivity index (χ1) is 10.5. The van der Waals surface area contributed by atoms with E-state index in [1.807, 2.05) is 48.8 Å². The molecule has 22 heavy (non-hydrogen) atoms. The summed E-state index contributed by atoms with van der Waals surface area (Å²) in [6.45, 7) is 2.13. The minimum absolute atomic E-state index is 0.0919. The molecule has 1 heterocycles. The number of hydrogen-bond acceptors (Lipinski definition) is 4. The van der Waals surface area contributed by atoms with Crippen molar-refractivity contribution in [3.05, 3.63) is 46.7 Å². The van der Waals surface area contributed by atoms with Gasteiger partial charge in [-0.3, -0.25) is 9.59 Å².